The Bertz CT molecular complexity index is 240. The number of hydrogen-bond acceptors (Lipinski definition) is 2. The van der Waals surface area contributed by atoms with Crippen LogP contribution in [-0.4, -0.2) is 12.1 Å². The second kappa shape index (κ2) is 3.21. The van der Waals surface area contributed by atoms with Crippen LogP contribution in [0.3, 0.4) is 0 Å². The Labute approximate surface area is 73.1 Å². The molecule has 64 valence electrons. The van der Waals surface area contributed by atoms with Gasteiger partial charge in [0.1, 0.15) is 0 Å². The van der Waals surface area contributed by atoms with Crippen molar-refractivity contribution >= 4 is 0 Å². The molecule has 0 radical (unpaired) electrons. The van der Waals surface area contributed by atoms with Gasteiger partial charge in [-0.1, -0.05) is 37.6 Å². The molecule has 0 N–H and O–H groups in total. The minimum Gasteiger partial charge on any atom is -0.189 e. The summed E-state index contributed by atoms with van der Waals surface area (Å²) in [5.41, 5.74) is 0. The number of azo groups is 1. The predicted octanol–water partition coefficient (Wildman–Crippen LogP) is 2.73. The predicted molar refractivity (Wildman–Crippen MR) is 49.1 cm³/mol. The Kier molecular flexibility index (Phi) is 2.07. The van der Waals surface area contributed by atoms with E-state index in [2.05, 4.69) is 41.5 Å². The Balaban J connectivity index is 2.08. The lowest BCUT2D eigenvalue weighted by Gasteiger charge is -2.17. The summed E-state index contributed by atoms with van der Waals surface area (Å²) in [6.07, 6.45) is 10.9. The lowest BCUT2D eigenvalue weighted by Crippen LogP contribution is -2.21. The quantitative estimate of drug-likeness (QED) is 0.596. The monoisotopic (exact) mass is 162 g/mol. The minimum atomic E-state index is 0.339. The van der Waals surface area contributed by atoms with Gasteiger partial charge < -0.3 is 0 Å². The molecule has 0 saturated carbocycles. The van der Waals surface area contributed by atoms with E-state index in [1.54, 1.807) is 0 Å². The maximum Gasteiger partial charge on any atom is 0.0975 e. The molecular formula is C10H14N2. The average molecular weight is 162 g/mol. The highest BCUT2D eigenvalue weighted by atomic mass is 15.2. The number of hydrogen-bond donors (Lipinski definition) is 0. The van der Waals surface area contributed by atoms with Crippen molar-refractivity contribution in [2.45, 2.75) is 31.8 Å². The van der Waals surface area contributed by atoms with Crippen LogP contribution in [0.2, 0.25) is 0 Å². The standard InChI is InChI=1S/C10H14N2/c1-2-5-9-8-6-3-4-7-10(8)12-11-9/h3-4,6-10H,2,5H2,1H3. The summed E-state index contributed by atoms with van der Waals surface area (Å²) in [4.78, 5) is 0. The molecule has 3 atom stereocenters. The van der Waals surface area contributed by atoms with E-state index in [-0.39, 0.29) is 0 Å². The van der Waals surface area contributed by atoms with E-state index in [1.807, 2.05) is 0 Å². The molecule has 0 aromatic carbocycles. The van der Waals surface area contributed by atoms with Gasteiger partial charge >= 0.3 is 0 Å². The van der Waals surface area contributed by atoms with Gasteiger partial charge in [-0.15, -0.1) is 0 Å². The third-order valence-electron chi connectivity index (χ3n) is 2.52. The SMILES string of the molecule is CCCC1N=NC2C=CC=CC21. The van der Waals surface area contributed by atoms with Gasteiger partial charge in [0.15, 0.2) is 0 Å². The molecule has 1 heterocycles. The van der Waals surface area contributed by atoms with Crippen LogP contribution in [0.1, 0.15) is 19.8 Å². The van der Waals surface area contributed by atoms with Gasteiger partial charge in [0.05, 0.1) is 12.1 Å². The zero-order chi connectivity index (χ0) is 8.39. The molecule has 1 aliphatic carbocycles. The van der Waals surface area contributed by atoms with Crippen molar-refractivity contribution in [1.82, 2.24) is 0 Å². The molecule has 1 aliphatic heterocycles. The molecular weight excluding hydrogens is 148 g/mol. The summed E-state index contributed by atoms with van der Waals surface area (Å²) in [6, 6.07) is 0.785. The first kappa shape index (κ1) is 7.71. The highest BCUT2D eigenvalue weighted by Gasteiger charge is 2.31. The third kappa shape index (κ3) is 1.22. The van der Waals surface area contributed by atoms with E-state index in [9.17, 15) is 0 Å². The van der Waals surface area contributed by atoms with Gasteiger partial charge in [-0.25, -0.2) is 0 Å². The van der Waals surface area contributed by atoms with Crippen LogP contribution in [-0.2, 0) is 0 Å². The Morgan fingerprint density at radius 3 is 2.83 bits per heavy atom. The number of fused-ring (bicyclic) bond motifs is 1. The van der Waals surface area contributed by atoms with Crippen molar-refractivity contribution in [2.75, 3.05) is 0 Å². The maximum atomic E-state index is 4.29. The van der Waals surface area contributed by atoms with Gasteiger partial charge in [0.25, 0.3) is 0 Å². The van der Waals surface area contributed by atoms with Crippen LogP contribution < -0.4 is 0 Å². The normalized spacial score (nSPS) is 37.2. The molecule has 0 aromatic rings. The Morgan fingerprint density at radius 1 is 1.17 bits per heavy atom. The average Bonchev–Trinajstić information content (AvgIpc) is 2.50. The van der Waals surface area contributed by atoms with Gasteiger partial charge in [0.2, 0.25) is 0 Å². The van der Waals surface area contributed by atoms with E-state index in [0.717, 1.165) is 0 Å². The van der Waals surface area contributed by atoms with Crippen LogP contribution in [0.4, 0.5) is 0 Å². The highest BCUT2D eigenvalue weighted by Crippen LogP contribution is 2.30. The fourth-order valence-electron chi connectivity index (χ4n) is 1.87. The second-order valence-electron chi connectivity index (χ2n) is 3.42. The van der Waals surface area contributed by atoms with Gasteiger partial charge in [-0.05, 0) is 6.42 Å². The molecule has 12 heavy (non-hydrogen) atoms. The first-order chi connectivity index (χ1) is 5.92. The van der Waals surface area contributed by atoms with Crippen molar-refractivity contribution in [3.63, 3.8) is 0 Å². The van der Waals surface area contributed by atoms with Gasteiger partial charge in [-0.2, -0.15) is 10.2 Å². The fraction of sp³-hybridized carbons (Fsp3) is 0.600. The molecule has 0 bridgehead atoms. The molecule has 0 amide bonds. The van der Waals surface area contributed by atoms with Crippen LogP contribution in [0, 0.1) is 5.92 Å². The van der Waals surface area contributed by atoms with Crippen molar-refractivity contribution in [2.24, 2.45) is 16.1 Å². The fourth-order valence-corrected chi connectivity index (χ4v) is 1.87. The topological polar surface area (TPSA) is 24.7 Å². The molecule has 2 heteroatoms. The van der Waals surface area contributed by atoms with E-state index in [1.165, 1.54) is 12.8 Å². The van der Waals surface area contributed by atoms with E-state index >= 15 is 0 Å². The lowest BCUT2D eigenvalue weighted by atomic mass is 9.88. The molecule has 2 rings (SSSR count). The van der Waals surface area contributed by atoms with Crippen LogP contribution in [0.15, 0.2) is 34.5 Å². The summed E-state index contributed by atoms with van der Waals surface area (Å²) in [6.45, 7) is 2.20. The van der Waals surface area contributed by atoms with E-state index < -0.39 is 0 Å². The Hall–Kier alpha value is -0.920. The highest BCUT2D eigenvalue weighted by molar-refractivity contribution is 5.20. The van der Waals surface area contributed by atoms with Crippen molar-refractivity contribution < 1.29 is 0 Å². The lowest BCUT2D eigenvalue weighted by molar-refractivity contribution is 0.495. The largest absolute Gasteiger partial charge is 0.189 e. The minimum absolute atomic E-state index is 0.339. The molecule has 0 spiro atoms. The van der Waals surface area contributed by atoms with Gasteiger partial charge in [-0.3, -0.25) is 0 Å². The van der Waals surface area contributed by atoms with E-state index in [4.69, 9.17) is 0 Å². The first-order valence-corrected chi connectivity index (χ1v) is 4.67. The molecule has 0 fully saturated rings. The third-order valence-corrected chi connectivity index (χ3v) is 2.52. The summed E-state index contributed by atoms with van der Waals surface area (Å²) < 4.78 is 0. The maximum absolute atomic E-state index is 4.29. The smallest absolute Gasteiger partial charge is 0.0975 e. The van der Waals surface area contributed by atoms with Crippen LogP contribution in [0.5, 0.6) is 0 Å². The summed E-state index contributed by atoms with van der Waals surface area (Å²) in [5, 5.41) is 8.54. The number of allylic oxidation sites excluding steroid dienone is 2. The van der Waals surface area contributed by atoms with Crippen LogP contribution in [0.25, 0.3) is 0 Å². The number of rotatable bonds is 2. The van der Waals surface area contributed by atoms with Crippen molar-refractivity contribution in [1.29, 1.82) is 0 Å². The second-order valence-corrected chi connectivity index (χ2v) is 3.42. The van der Waals surface area contributed by atoms with Gasteiger partial charge in [0, 0.05) is 5.92 Å². The van der Waals surface area contributed by atoms with Crippen molar-refractivity contribution in [3.8, 4) is 0 Å². The Morgan fingerprint density at radius 2 is 2.00 bits per heavy atom. The molecule has 0 saturated heterocycles. The van der Waals surface area contributed by atoms with Crippen molar-refractivity contribution in [3.05, 3.63) is 24.3 Å². The zero-order valence-electron chi connectivity index (χ0n) is 7.35. The molecule has 0 aromatic heterocycles. The summed E-state index contributed by atoms with van der Waals surface area (Å²) in [7, 11) is 0. The van der Waals surface area contributed by atoms with Crippen LogP contribution >= 0.6 is 0 Å². The van der Waals surface area contributed by atoms with E-state index in [0.29, 0.717) is 18.0 Å². The molecule has 2 aliphatic rings. The molecule has 2 nitrogen and oxygen atoms in total. The summed E-state index contributed by atoms with van der Waals surface area (Å²) in [5.74, 6) is 0.551. The molecule has 3 unspecified atom stereocenters. The first-order valence-electron chi connectivity index (χ1n) is 4.67. The summed E-state index contributed by atoms with van der Waals surface area (Å²) >= 11 is 0. The zero-order valence-corrected chi connectivity index (χ0v) is 7.35. The number of nitrogens with zero attached hydrogens (tertiary/aromatic N) is 2.